The molecule has 0 spiro atoms. The van der Waals surface area contributed by atoms with Gasteiger partial charge in [0.05, 0.1) is 6.04 Å². The highest BCUT2D eigenvalue weighted by Crippen LogP contribution is 2.23. The van der Waals surface area contributed by atoms with E-state index in [1.165, 1.54) is 4.90 Å². The highest BCUT2D eigenvalue weighted by molar-refractivity contribution is 6.03. The number of fused-ring (bicyclic) bond motifs is 1. The maximum absolute atomic E-state index is 13.7. The molecule has 3 rings (SSSR count). The van der Waals surface area contributed by atoms with E-state index in [2.05, 4.69) is 22.0 Å². The third kappa shape index (κ3) is 7.51. The molecular weight excluding hydrogens is 476 g/mol. The maximum atomic E-state index is 13.7. The minimum absolute atomic E-state index is 0. The predicted molar refractivity (Wildman–Crippen MR) is 147 cm³/mol. The number of carbonyl (C=O) groups excluding carboxylic acids is 3. The van der Waals surface area contributed by atoms with Crippen molar-refractivity contribution in [3.8, 4) is 0 Å². The zero-order valence-corrected chi connectivity index (χ0v) is 22.5. The molecule has 0 radical (unpaired) electrons. The molecular formula is C28H41ClN4O3. The summed E-state index contributed by atoms with van der Waals surface area (Å²) < 4.78 is 0. The van der Waals surface area contributed by atoms with Gasteiger partial charge in [0.1, 0.15) is 6.04 Å². The fourth-order valence-electron chi connectivity index (χ4n) is 4.80. The van der Waals surface area contributed by atoms with E-state index in [1.54, 1.807) is 0 Å². The first-order chi connectivity index (χ1) is 17.0. The van der Waals surface area contributed by atoms with Crippen molar-refractivity contribution >= 4 is 40.9 Å². The molecule has 3 amide bonds. The monoisotopic (exact) mass is 516 g/mol. The van der Waals surface area contributed by atoms with Crippen molar-refractivity contribution in [2.45, 2.75) is 64.5 Å². The van der Waals surface area contributed by atoms with E-state index in [-0.39, 0.29) is 42.5 Å². The van der Waals surface area contributed by atoms with E-state index in [9.17, 15) is 14.4 Å². The molecule has 1 aliphatic heterocycles. The first-order valence-electron chi connectivity index (χ1n) is 13.0. The first-order valence-corrected chi connectivity index (χ1v) is 13.0. The van der Waals surface area contributed by atoms with Gasteiger partial charge in [-0.05, 0) is 68.6 Å². The molecule has 2 aromatic rings. The van der Waals surface area contributed by atoms with Gasteiger partial charge in [-0.15, -0.1) is 12.4 Å². The van der Waals surface area contributed by atoms with E-state index in [0.717, 1.165) is 42.3 Å². The van der Waals surface area contributed by atoms with Crippen LogP contribution < -0.4 is 16.0 Å². The van der Waals surface area contributed by atoms with Crippen LogP contribution in [0.1, 0.15) is 51.5 Å². The summed E-state index contributed by atoms with van der Waals surface area (Å²) in [6.45, 7) is 5.92. The number of rotatable bonds is 12. The van der Waals surface area contributed by atoms with Gasteiger partial charge < -0.3 is 16.0 Å². The molecule has 36 heavy (non-hydrogen) atoms. The number of amides is 3. The van der Waals surface area contributed by atoms with Gasteiger partial charge in [-0.1, -0.05) is 56.3 Å². The van der Waals surface area contributed by atoms with Gasteiger partial charge >= 0.3 is 0 Å². The topological polar surface area (TPSA) is 90.5 Å². The van der Waals surface area contributed by atoms with E-state index in [4.69, 9.17) is 0 Å². The average Bonchev–Trinajstić information content (AvgIpc) is 3.42. The zero-order valence-electron chi connectivity index (χ0n) is 21.7. The number of benzene rings is 2. The second-order valence-electron chi connectivity index (χ2n) is 9.36. The summed E-state index contributed by atoms with van der Waals surface area (Å²) in [5.74, 6) is -1.10. The standard InChI is InChI=1S/C28H40N4O3.ClH/c1-4-21(5-2)27(34)32(28(35)24-12-8-16-30-24)25(26(33)31-17-9-15-29-3)19-20-13-14-22-10-6-7-11-23(22)18-20;/h6-7,10-11,13-14,18,21,24-25,29-30H,4-5,8-9,12,15-17,19H2,1-3H3,(H,31,33);1H/t24-,25+;/m0./s1. The fraction of sp³-hybridized carbons (Fsp3) is 0.536. The van der Waals surface area contributed by atoms with Crippen molar-refractivity contribution in [1.82, 2.24) is 20.9 Å². The molecule has 1 aliphatic rings. The van der Waals surface area contributed by atoms with Gasteiger partial charge in [0.25, 0.3) is 0 Å². The Morgan fingerprint density at radius 2 is 1.78 bits per heavy atom. The third-order valence-corrected chi connectivity index (χ3v) is 6.93. The number of imide groups is 1. The lowest BCUT2D eigenvalue weighted by molar-refractivity contribution is -0.155. The molecule has 7 nitrogen and oxygen atoms in total. The van der Waals surface area contributed by atoms with Crippen LogP contribution in [0, 0.1) is 5.92 Å². The average molecular weight is 517 g/mol. The van der Waals surface area contributed by atoms with Gasteiger partial charge in [-0.2, -0.15) is 0 Å². The molecule has 0 unspecified atom stereocenters. The van der Waals surface area contributed by atoms with Crippen LogP contribution in [0.2, 0.25) is 0 Å². The number of hydrogen-bond donors (Lipinski definition) is 3. The molecule has 0 aliphatic carbocycles. The summed E-state index contributed by atoms with van der Waals surface area (Å²) in [7, 11) is 1.87. The van der Waals surface area contributed by atoms with Gasteiger partial charge in [-0.25, -0.2) is 0 Å². The first kappa shape index (κ1) is 29.7. The Morgan fingerprint density at radius 3 is 2.42 bits per heavy atom. The quantitative estimate of drug-likeness (QED) is 0.376. The molecule has 198 valence electrons. The highest BCUT2D eigenvalue weighted by Gasteiger charge is 2.40. The Hall–Kier alpha value is -2.48. The van der Waals surface area contributed by atoms with Crippen LogP contribution in [-0.4, -0.2) is 61.4 Å². The second-order valence-corrected chi connectivity index (χ2v) is 9.36. The fourth-order valence-corrected chi connectivity index (χ4v) is 4.80. The Kier molecular flexibility index (Phi) is 12.3. The summed E-state index contributed by atoms with van der Waals surface area (Å²) in [6.07, 6.45) is 3.87. The Labute approximate surface area is 221 Å². The Bertz CT molecular complexity index is 991. The lowest BCUT2D eigenvalue weighted by atomic mass is 9.96. The van der Waals surface area contributed by atoms with Crippen molar-refractivity contribution in [2.75, 3.05) is 26.7 Å². The minimum atomic E-state index is -0.895. The molecule has 0 bridgehead atoms. The van der Waals surface area contributed by atoms with Gasteiger partial charge in [0.2, 0.25) is 17.7 Å². The maximum Gasteiger partial charge on any atom is 0.247 e. The van der Waals surface area contributed by atoms with Crippen LogP contribution in [0.15, 0.2) is 42.5 Å². The largest absolute Gasteiger partial charge is 0.354 e. The zero-order chi connectivity index (χ0) is 25.2. The molecule has 1 heterocycles. The Balaban J connectivity index is 0.00000456. The summed E-state index contributed by atoms with van der Waals surface area (Å²) in [5.41, 5.74) is 0.925. The number of carbonyl (C=O) groups is 3. The smallest absolute Gasteiger partial charge is 0.247 e. The molecule has 0 aromatic heterocycles. The minimum Gasteiger partial charge on any atom is -0.354 e. The molecule has 8 heteroatoms. The van der Waals surface area contributed by atoms with Crippen molar-refractivity contribution in [1.29, 1.82) is 0 Å². The summed E-state index contributed by atoms with van der Waals surface area (Å²) >= 11 is 0. The number of halogens is 1. The third-order valence-electron chi connectivity index (χ3n) is 6.93. The van der Waals surface area contributed by atoms with Crippen molar-refractivity contribution in [2.24, 2.45) is 5.92 Å². The number of nitrogens with one attached hydrogen (secondary N) is 3. The van der Waals surface area contributed by atoms with Crippen LogP contribution in [0.3, 0.4) is 0 Å². The molecule has 1 saturated heterocycles. The van der Waals surface area contributed by atoms with Crippen molar-refractivity contribution in [3.05, 3.63) is 48.0 Å². The van der Waals surface area contributed by atoms with Gasteiger partial charge in [0, 0.05) is 18.9 Å². The lowest BCUT2D eigenvalue weighted by Gasteiger charge is -2.33. The lowest BCUT2D eigenvalue weighted by Crippen LogP contribution is -2.58. The normalized spacial score (nSPS) is 15.9. The predicted octanol–water partition coefficient (Wildman–Crippen LogP) is 3.44. The van der Waals surface area contributed by atoms with Crippen LogP contribution in [0.25, 0.3) is 10.8 Å². The van der Waals surface area contributed by atoms with E-state index in [0.29, 0.717) is 25.8 Å². The van der Waals surface area contributed by atoms with Crippen LogP contribution in [-0.2, 0) is 20.8 Å². The Morgan fingerprint density at radius 1 is 1.06 bits per heavy atom. The van der Waals surface area contributed by atoms with E-state index in [1.807, 2.05) is 57.3 Å². The highest BCUT2D eigenvalue weighted by atomic mass is 35.5. The summed E-state index contributed by atoms with van der Waals surface area (Å²) in [6, 6.07) is 12.8. The molecule has 2 atom stereocenters. The second kappa shape index (κ2) is 14.9. The van der Waals surface area contributed by atoms with E-state index < -0.39 is 12.1 Å². The number of hydrogen-bond acceptors (Lipinski definition) is 5. The SMILES string of the molecule is CCC(CC)C(=O)N(C(=O)[C@@H]1CCCN1)[C@H](Cc1ccc2ccccc2c1)C(=O)NCCCNC.Cl. The number of nitrogens with zero attached hydrogens (tertiary/aromatic N) is 1. The summed E-state index contributed by atoms with van der Waals surface area (Å²) in [4.78, 5) is 42.3. The molecule has 2 aromatic carbocycles. The molecule has 1 fully saturated rings. The van der Waals surface area contributed by atoms with Gasteiger partial charge in [-0.3, -0.25) is 19.3 Å². The molecule has 3 N–H and O–H groups in total. The summed E-state index contributed by atoms with van der Waals surface area (Å²) in [5, 5.41) is 11.5. The van der Waals surface area contributed by atoms with E-state index >= 15 is 0 Å². The van der Waals surface area contributed by atoms with Crippen LogP contribution >= 0.6 is 12.4 Å². The van der Waals surface area contributed by atoms with Crippen molar-refractivity contribution in [3.63, 3.8) is 0 Å². The van der Waals surface area contributed by atoms with Crippen LogP contribution in [0.5, 0.6) is 0 Å². The van der Waals surface area contributed by atoms with Crippen molar-refractivity contribution < 1.29 is 14.4 Å². The van der Waals surface area contributed by atoms with Crippen LogP contribution in [0.4, 0.5) is 0 Å². The van der Waals surface area contributed by atoms with Gasteiger partial charge in [0.15, 0.2) is 0 Å². The molecule has 0 saturated carbocycles.